The Balaban J connectivity index is 2.25. The van der Waals surface area contributed by atoms with Gasteiger partial charge in [-0.3, -0.25) is 0 Å². The smallest absolute Gasteiger partial charge is 0.216 e. The van der Waals surface area contributed by atoms with Gasteiger partial charge in [0, 0.05) is 6.42 Å². The molecule has 1 aliphatic heterocycles. The molecule has 1 aliphatic carbocycles. The Bertz CT molecular complexity index is 171. The largest absolute Gasteiger partial charge is 0.481 e. The molecule has 0 amide bonds. The van der Waals surface area contributed by atoms with Gasteiger partial charge in [-0.1, -0.05) is 0 Å². The Hall–Kier alpha value is -0.790. The molecular weight excluding hydrogens is 126 g/mol. The van der Waals surface area contributed by atoms with Crippen LogP contribution in [0.5, 0.6) is 0 Å². The molecule has 2 nitrogen and oxygen atoms in total. The Morgan fingerprint density at radius 3 is 3.40 bits per heavy atom. The fourth-order valence-corrected chi connectivity index (χ4v) is 1.44. The minimum atomic E-state index is 0.829. The molecule has 54 valence electrons. The standard InChI is InChI=1S/C8H11NO/c1-2-4-8-7(3-1)9-5-6-10-8/h4H,1-3,5-6H2/p+1. The molecule has 0 aromatic carbocycles. The Labute approximate surface area is 60.6 Å². The maximum absolute atomic E-state index is 5.44. The molecule has 1 heterocycles. The minimum absolute atomic E-state index is 0.829. The molecule has 0 saturated carbocycles. The highest BCUT2D eigenvalue weighted by molar-refractivity contribution is 5.94. The molecule has 0 atom stereocenters. The van der Waals surface area contributed by atoms with Gasteiger partial charge in [-0.2, -0.15) is 0 Å². The minimum Gasteiger partial charge on any atom is -0.481 e. The van der Waals surface area contributed by atoms with E-state index in [0.717, 1.165) is 18.9 Å². The monoisotopic (exact) mass is 138 g/mol. The second-order valence-electron chi connectivity index (χ2n) is 2.71. The summed E-state index contributed by atoms with van der Waals surface area (Å²) in [6.07, 6.45) is 5.81. The first-order chi connectivity index (χ1) is 4.97. The Morgan fingerprint density at radius 2 is 2.50 bits per heavy atom. The Kier molecular flexibility index (Phi) is 1.46. The van der Waals surface area contributed by atoms with Gasteiger partial charge < -0.3 is 4.74 Å². The highest BCUT2D eigenvalue weighted by Gasteiger charge is 2.21. The third-order valence-electron chi connectivity index (χ3n) is 1.96. The molecule has 0 aromatic rings. The second kappa shape index (κ2) is 2.45. The van der Waals surface area contributed by atoms with E-state index >= 15 is 0 Å². The van der Waals surface area contributed by atoms with Gasteiger partial charge >= 0.3 is 0 Å². The van der Waals surface area contributed by atoms with E-state index in [4.69, 9.17) is 4.74 Å². The number of hydrogen-bond acceptors (Lipinski definition) is 1. The van der Waals surface area contributed by atoms with Crippen molar-refractivity contribution in [2.75, 3.05) is 13.2 Å². The lowest BCUT2D eigenvalue weighted by atomic mass is 10.0. The maximum Gasteiger partial charge on any atom is 0.216 e. The van der Waals surface area contributed by atoms with E-state index < -0.39 is 0 Å². The topological polar surface area (TPSA) is 23.2 Å². The molecule has 0 spiro atoms. The van der Waals surface area contributed by atoms with Crippen LogP contribution in [-0.4, -0.2) is 18.9 Å². The van der Waals surface area contributed by atoms with Crippen molar-refractivity contribution in [2.45, 2.75) is 19.3 Å². The quantitative estimate of drug-likeness (QED) is 0.484. The van der Waals surface area contributed by atoms with E-state index in [1.807, 2.05) is 0 Å². The van der Waals surface area contributed by atoms with Crippen LogP contribution in [0, 0.1) is 0 Å². The van der Waals surface area contributed by atoms with Crippen molar-refractivity contribution in [1.82, 2.24) is 0 Å². The van der Waals surface area contributed by atoms with Crippen LogP contribution in [0.2, 0.25) is 0 Å². The van der Waals surface area contributed by atoms with Crippen molar-refractivity contribution in [1.29, 1.82) is 0 Å². The van der Waals surface area contributed by atoms with E-state index in [0.29, 0.717) is 0 Å². The number of rotatable bonds is 0. The van der Waals surface area contributed by atoms with Crippen molar-refractivity contribution in [2.24, 2.45) is 0 Å². The van der Waals surface area contributed by atoms with Gasteiger partial charge in [-0.25, -0.2) is 4.99 Å². The van der Waals surface area contributed by atoms with E-state index in [2.05, 4.69) is 11.1 Å². The summed E-state index contributed by atoms with van der Waals surface area (Å²) in [6.45, 7) is 1.81. The third-order valence-corrected chi connectivity index (χ3v) is 1.96. The van der Waals surface area contributed by atoms with Crippen LogP contribution in [0.3, 0.4) is 0 Å². The molecule has 0 unspecified atom stereocenters. The predicted octanol–water partition coefficient (Wildman–Crippen LogP) is -0.394. The van der Waals surface area contributed by atoms with Crippen molar-refractivity contribution in [3.63, 3.8) is 0 Å². The number of nitrogens with one attached hydrogen (secondary N) is 1. The molecule has 0 saturated heterocycles. The van der Waals surface area contributed by atoms with Crippen LogP contribution >= 0.6 is 0 Å². The van der Waals surface area contributed by atoms with Gasteiger partial charge in [-0.15, -0.1) is 0 Å². The van der Waals surface area contributed by atoms with E-state index in [1.54, 1.807) is 0 Å². The zero-order chi connectivity index (χ0) is 6.81. The second-order valence-corrected chi connectivity index (χ2v) is 2.71. The summed E-state index contributed by atoms with van der Waals surface area (Å²) in [4.78, 5) is 3.34. The fraction of sp³-hybridized carbons (Fsp3) is 0.625. The normalized spacial score (nSPS) is 24.0. The number of allylic oxidation sites excluding steroid dienone is 2. The number of hydrogen-bond donors (Lipinski definition) is 1. The summed E-state index contributed by atoms with van der Waals surface area (Å²) in [6, 6.07) is 0. The van der Waals surface area contributed by atoms with E-state index in [9.17, 15) is 0 Å². The van der Waals surface area contributed by atoms with Crippen LogP contribution in [-0.2, 0) is 4.74 Å². The maximum atomic E-state index is 5.44. The van der Waals surface area contributed by atoms with E-state index in [-0.39, 0.29) is 0 Å². The first kappa shape index (κ1) is 5.96. The molecule has 0 radical (unpaired) electrons. The Morgan fingerprint density at radius 1 is 1.50 bits per heavy atom. The zero-order valence-electron chi connectivity index (χ0n) is 6.02. The SMILES string of the molecule is C1=C2OCC[NH+]=C2CCC1. The van der Waals surface area contributed by atoms with Gasteiger partial charge in [0.25, 0.3) is 0 Å². The summed E-state index contributed by atoms with van der Waals surface area (Å²) in [5, 5.41) is 0. The van der Waals surface area contributed by atoms with Crippen molar-refractivity contribution < 1.29 is 9.73 Å². The fourth-order valence-electron chi connectivity index (χ4n) is 1.44. The van der Waals surface area contributed by atoms with Crippen LogP contribution < -0.4 is 4.99 Å². The van der Waals surface area contributed by atoms with Crippen LogP contribution in [0.1, 0.15) is 19.3 Å². The van der Waals surface area contributed by atoms with Crippen LogP contribution in [0.4, 0.5) is 0 Å². The van der Waals surface area contributed by atoms with E-state index in [1.165, 1.54) is 25.0 Å². The highest BCUT2D eigenvalue weighted by Crippen LogP contribution is 2.14. The first-order valence-electron chi connectivity index (χ1n) is 3.90. The molecule has 0 bridgehead atoms. The lowest BCUT2D eigenvalue weighted by Crippen LogP contribution is -2.76. The molecule has 2 heteroatoms. The number of fused-ring (bicyclic) bond motifs is 1. The van der Waals surface area contributed by atoms with Gasteiger partial charge in [0.1, 0.15) is 6.61 Å². The van der Waals surface area contributed by atoms with Crippen LogP contribution in [0.15, 0.2) is 11.8 Å². The summed E-state index contributed by atoms with van der Waals surface area (Å²) in [5.74, 6) is 1.11. The van der Waals surface area contributed by atoms with Crippen molar-refractivity contribution in [3.05, 3.63) is 11.8 Å². The average molecular weight is 138 g/mol. The van der Waals surface area contributed by atoms with Gasteiger partial charge in [0.2, 0.25) is 5.71 Å². The molecule has 1 N–H and O–H groups in total. The van der Waals surface area contributed by atoms with Crippen molar-refractivity contribution >= 4 is 5.71 Å². The number of ether oxygens (including phenoxy) is 1. The molecular formula is C8H12NO+. The summed E-state index contributed by atoms with van der Waals surface area (Å²) < 4.78 is 5.44. The lowest BCUT2D eigenvalue weighted by Gasteiger charge is -2.15. The molecule has 10 heavy (non-hydrogen) atoms. The zero-order valence-corrected chi connectivity index (χ0v) is 6.02. The van der Waals surface area contributed by atoms with Gasteiger partial charge in [0.15, 0.2) is 12.3 Å². The predicted molar refractivity (Wildman–Crippen MR) is 38.7 cm³/mol. The molecule has 2 aliphatic rings. The summed E-state index contributed by atoms with van der Waals surface area (Å²) >= 11 is 0. The molecule has 0 fully saturated rings. The lowest BCUT2D eigenvalue weighted by molar-refractivity contribution is -0.469. The summed E-state index contributed by atoms with van der Waals surface area (Å²) in [5.41, 5.74) is 1.32. The average Bonchev–Trinajstić information content (AvgIpc) is 2.05. The third kappa shape index (κ3) is 0.939. The van der Waals surface area contributed by atoms with Crippen LogP contribution in [0.25, 0.3) is 0 Å². The summed E-state index contributed by atoms with van der Waals surface area (Å²) in [7, 11) is 0. The van der Waals surface area contributed by atoms with Gasteiger partial charge in [0.05, 0.1) is 0 Å². The first-order valence-corrected chi connectivity index (χ1v) is 3.90. The van der Waals surface area contributed by atoms with Gasteiger partial charge in [-0.05, 0) is 18.9 Å². The highest BCUT2D eigenvalue weighted by atomic mass is 16.5. The molecule has 2 rings (SSSR count). The molecule has 0 aromatic heterocycles. The van der Waals surface area contributed by atoms with Crippen molar-refractivity contribution in [3.8, 4) is 0 Å².